The molecule has 0 rings (SSSR count). The fourth-order valence-electron chi connectivity index (χ4n) is 1.18. The molecule has 0 aromatic heterocycles. The van der Waals surface area contributed by atoms with Crippen molar-refractivity contribution in [2.24, 2.45) is 0 Å². The molecule has 0 aromatic rings. The molecule has 0 radical (unpaired) electrons. The second kappa shape index (κ2) is 9.21. The van der Waals surface area contributed by atoms with Crippen molar-refractivity contribution in [2.75, 3.05) is 13.2 Å². The van der Waals surface area contributed by atoms with Crippen LogP contribution in [0.4, 0.5) is 0 Å². The number of aliphatic hydroxyl groups excluding tert-OH is 4. The summed E-state index contributed by atoms with van der Waals surface area (Å²) in [5.41, 5.74) is 0. The summed E-state index contributed by atoms with van der Waals surface area (Å²) in [4.78, 5) is 22.0. The molecule has 0 spiro atoms. The van der Waals surface area contributed by atoms with Crippen molar-refractivity contribution < 1.29 is 39.5 Å². The van der Waals surface area contributed by atoms with Crippen LogP contribution in [0.3, 0.4) is 0 Å². The van der Waals surface area contributed by atoms with E-state index in [4.69, 9.17) is 9.84 Å². The summed E-state index contributed by atoms with van der Waals surface area (Å²) in [5, 5.41) is 37.2. The summed E-state index contributed by atoms with van der Waals surface area (Å²) in [6.07, 6.45) is -5.00. The predicted molar refractivity (Wildman–Crippen MR) is 66.3 cm³/mol. The van der Waals surface area contributed by atoms with Gasteiger partial charge in [0.2, 0.25) is 0 Å². The van der Waals surface area contributed by atoms with Gasteiger partial charge in [0.15, 0.2) is 6.10 Å². The van der Waals surface area contributed by atoms with Crippen molar-refractivity contribution in [3.63, 3.8) is 0 Å². The molecule has 0 aromatic carbocycles. The van der Waals surface area contributed by atoms with Crippen LogP contribution in [-0.2, 0) is 19.1 Å². The summed E-state index contributed by atoms with van der Waals surface area (Å²) in [6.45, 7) is 4.92. The first-order valence-electron chi connectivity index (χ1n) is 5.64. The largest absolute Gasteiger partial charge is 0.458 e. The molecule has 0 saturated heterocycles. The second-order valence-electron chi connectivity index (χ2n) is 3.74. The molecule has 0 aliphatic carbocycles. The highest BCUT2D eigenvalue weighted by Crippen LogP contribution is 2.10. The minimum Gasteiger partial charge on any atom is -0.458 e. The van der Waals surface area contributed by atoms with Crippen LogP contribution in [-0.4, -0.2) is 70.0 Å². The lowest BCUT2D eigenvalue weighted by Crippen LogP contribution is -2.49. The van der Waals surface area contributed by atoms with Crippen molar-refractivity contribution >= 4 is 11.9 Å². The molecule has 8 heteroatoms. The van der Waals surface area contributed by atoms with E-state index in [2.05, 4.69) is 17.9 Å². The average molecular weight is 290 g/mol. The summed E-state index contributed by atoms with van der Waals surface area (Å²) >= 11 is 0. The van der Waals surface area contributed by atoms with Gasteiger partial charge in [0.25, 0.3) is 0 Å². The summed E-state index contributed by atoms with van der Waals surface area (Å²) < 4.78 is 9.30. The van der Waals surface area contributed by atoms with Crippen LogP contribution in [0.2, 0.25) is 0 Å². The molecule has 0 aliphatic heterocycles. The van der Waals surface area contributed by atoms with Gasteiger partial charge in [-0.05, 0) is 0 Å². The summed E-state index contributed by atoms with van der Waals surface area (Å²) in [5.74, 6) is -1.75. The quantitative estimate of drug-likeness (QED) is 0.280. The monoisotopic (exact) mass is 290 g/mol. The smallest absolute Gasteiger partial charge is 0.330 e. The molecule has 0 bridgehead atoms. The minimum absolute atomic E-state index is 0.569. The first-order valence-corrected chi connectivity index (χ1v) is 5.64. The molecule has 0 unspecified atom stereocenters. The number of carbonyl (C=O) groups excluding carboxylic acids is 2. The number of hydrogen-bond donors (Lipinski definition) is 4. The lowest BCUT2D eigenvalue weighted by molar-refractivity contribution is -0.172. The van der Waals surface area contributed by atoms with Gasteiger partial charge in [-0.25, -0.2) is 9.59 Å². The van der Waals surface area contributed by atoms with Gasteiger partial charge in [0, 0.05) is 12.2 Å². The Kier molecular flexibility index (Phi) is 8.41. The number of aliphatic hydroxyl groups is 4. The molecule has 0 aliphatic rings. The van der Waals surface area contributed by atoms with E-state index in [-0.39, 0.29) is 0 Å². The Morgan fingerprint density at radius 2 is 1.60 bits per heavy atom. The van der Waals surface area contributed by atoms with Crippen LogP contribution in [0.1, 0.15) is 0 Å². The Bertz CT molecular complexity index is 353. The molecule has 4 atom stereocenters. The molecule has 0 amide bonds. The maximum Gasteiger partial charge on any atom is 0.330 e. The van der Waals surface area contributed by atoms with Crippen LogP contribution < -0.4 is 0 Å². The molecular weight excluding hydrogens is 272 g/mol. The minimum atomic E-state index is -1.80. The standard InChI is InChI=1S/C12H18O8/c1-3-9(15)19-6-8(20-10(16)4-2)12(18)11(17)7(14)5-13/h3-4,7-8,11-14,17-18H,1-2,5-6H2/t7-,8+,11+,12+/m0/s1. The van der Waals surface area contributed by atoms with E-state index in [1.165, 1.54) is 0 Å². The Hall–Kier alpha value is -1.74. The molecule has 0 saturated carbocycles. The Morgan fingerprint density at radius 3 is 2.05 bits per heavy atom. The predicted octanol–water partition coefficient (Wildman–Crippen LogP) is -2.11. The molecular formula is C12H18O8. The third kappa shape index (κ3) is 5.93. The summed E-state index contributed by atoms with van der Waals surface area (Å²) in [7, 11) is 0. The SMILES string of the molecule is C=CC(=O)OC[C@@H](OC(=O)C=C)[C@@H](O)[C@H](O)[C@@H](O)CO. The molecule has 8 nitrogen and oxygen atoms in total. The molecule has 0 heterocycles. The van der Waals surface area contributed by atoms with Crippen molar-refractivity contribution in [1.82, 2.24) is 0 Å². The van der Waals surface area contributed by atoms with Crippen LogP contribution in [0.25, 0.3) is 0 Å². The lowest BCUT2D eigenvalue weighted by atomic mass is 10.0. The van der Waals surface area contributed by atoms with E-state index in [1.54, 1.807) is 0 Å². The molecule has 0 fully saturated rings. The van der Waals surface area contributed by atoms with E-state index < -0.39 is 49.6 Å². The molecule has 4 N–H and O–H groups in total. The first kappa shape index (κ1) is 18.3. The topological polar surface area (TPSA) is 134 Å². The maximum atomic E-state index is 11.1. The van der Waals surface area contributed by atoms with Crippen LogP contribution >= 0.6 is 0 Å². The van der Waals surface area contributed by atoms with Gasteiger partial charge in [-0.3, -0.25) is 0 Å². The highest BCUT2D eigenvalue weighted by Gasteiger charge is 2.34. The van der Waals surface area contributed by atoms with E-state index in [1.807, 2.05) is 0 Å². The van der Waals surface area contributed by atoms with Gasteiger partial charge in [-0.1, -0.05) is 13.2 Å². The number of hydrogen-bond acceptors (Lipinski definition) is 8. The Balaban J connectivity index is 4.80. The second-order valence-corrected chi connectivity index (χ2v) is 3.74. The van der Waals surface area contributed by atoms with Crippen molar-refractivity contribution in [1.29, 1.82) is 0 Å². The van der Waals surface area contributed by atoms with Crippen LogP contribution in [0, 0.1) is 0 Å². The van der Waals surface area contributed by atoms with Crippen molar-refractivity contribution in [2.45, 2.75) is 24.4 Å². The number of esters is 2. The van der Waals surface area contributed by atoms with Crippen molar-refractivity contribution in [3.05, 3.63) is 25.3 Å². The van der Waals surface area contributed by atoms with E-state index in [9.17, 15) is 24.9 Å². The highest BCUT2D eigenvalue weighted by atomic mass is 16.6. The number of ether oxygens (including phenoxy) is 2. The van der Waals surface area contributed by atoms with Gasteiger partial charge < -0.3 is 29.9 Å². The van der Waals surface area contributed by atoms with Gasteiger partial charge >= 0.3 is 11.9 Å². The van der Waals surface area contributed by atoms with E-state index in [0.29, 0.717) is 0 Å². The van der Waals surface area contributed by atoms with Crippen LogP contribution in [0.5, 0.6) is 0 Å². The van der Waals surface area contributed by atoms with Gasteiger partial charge in [-0.2, -0.15) is 0 Å². The average Bonchev–Trinajstić information content (AvgIpc) is 2.47. The van der Waals surface area contributed by atoms with E-state index in [0.717, 1.165) is 12.2 Å². The fraction of sp³-hybridized carbons (Fsp3) is 0.500. The normalized spacial score (nSPS) is 16.4. The zero-order valence-corrected chi connectivity index (χ0v) is 10.7. The van der Waals surface area contributed by atoms with E-state index >= 15 is 0 Å². The van der Waals surface area contributed by atoms with Gasteiger partial charge in [0.1, 0.15) is 24.9 Å². The Morgan fingerprint density at radius 1 is 1.05 bits per heavy atom. The zero-order valence-electron chi connectivity index (χ0n) is 10.7. The summed E-state index contributed by atoms with van der Waals surface area (Å²) in [6, 6.07) is 0. The lowest BCUT2D eigenvalue weighted by Gasteiger charge is -2.27. The third-order valence-corrected chi connectivity index (χ3v) is 2.30. The van der Waals surface area contributed by atoms with Crippen LogP contribution in [0.15, 0.2) is 25.3 Å². The highest BCUT2D eigenvalue weighted by molar-refractivity contribution is 5.82. The number of carbonyl (C=O) groups is 2. The first-order chi connectivity index (χ1) is 9.37. The zero-order chi connectivity index (χ0) is 15.7. The number of rotatable bonds is 9. The molecule has 114 valence electrons. The molecule has 20 heavy (non-hydrogen) atoms. The van der Waals surface area contributed by atoms with Gasteiger partial charge in [-0.15, -0.1) is 0 Å². The Labute approximate surface area is 115 Å². The van der Waals surface area contributed by atoms with Crippen molar-refractivity contribution in [3.8, 4) is 0 Å². The third-order valence-electron chi connectivity index (χ3n) is 2.30. The van der Waals surface area contributed by atoms with Gasteiger partial charge in [0.05, 0.1) is 6.61 Å². The maximum absolute atomic E-state index is 11.1. The fourth-order valence-corrected chi connectivity index (χ4v) is 1.18.